The van der Waals surface area contributed by atoms with E-state index in [1.54, 1.807) is 13.8 Å². The molecule has 6 amide bonds. The molecule has 0 fully saturated rings. The summed E-state index contributed by atoms with van der Waals surface area (Å²) in [5.41, 5.74) is 35.6. The minimum Gasteiger partial charge on any atom is -0.481 e. The van der Waals surface area contributed by atoms with Crippen molar-refractivity contribution in [2.45, 2.75) is 194 Å². The Morgan fingerprint density at radius 1 is 0.377 bits per heavy atom. The second-order valence-corrected chi connectivity index (χ2v) is 35.3. The summed E-state index contributed by atoms with van der Waals surface area (Å²) in [6, 6.07) is 45.4. The van der Waals surface area contributed by atoms with Crippen molar-refractivity contribution in [2.75, 3.05) is 132 Å². The van der Waals surface area contributed by atoms with Gasteiger partial charge in [0.2, 0.25) is 23.6 Å². The summed E-state index contributed by atoms with van der Waals surface area (Å²) >= 11 is 0. The molecule has 760 valence electrons. The molecule has 0 radical (unpaired) electrons. The molecular weight excluding hydrogens is 1780 g/mol. The number of benzene rings is 6. The lowest BCUT2D eigenvalue weighted by atomic mass is 9.88. The van der Waals surface area contributed by atoms with Crippen LogP contribution in [0.5, 0.6) is 0 Å². The summed E-state index contributed by atoms with van der Waals surface area (Å²) in [7, 11) is 0. The van der Waals surface area contributed by atoms with Crippen LogP contribution in [0.15, 0.2) is 146 Å². The van der Waals surface area contributed by atoms with Gasteiger partial charge in [-0.2, -0.15) is 0 Å². The standard InChI is InChI=1S/C52H72N4O12.C26H41N3O5.C26H33NO8.FH/c1-35(2)45(50(60)56-47(14-8-9-15-49(54)59)48(58)32-38-18-16-37(17-19-38)31-39(53)30-36(3)51(61)62)33-40(57)20-22-64-24-26-66-28-29-67-27-25-65-23-21-55-52(63)68-34-46-43-12-6-4-10-41(43)42-11-5-7-13-44(42)46;1-16(2)24(28)25(32)29-21(7-5-6-8-23(27)31)22(30)15-20-11-9-19(10-12-20)14-17(3)13-18(4)26(33)34;28-25(29)9-11-31-13-15-33-17-18-34-16-14-32-12-10-27-26(30)35-19-24-22-7-3-1-5-20(22)21-6-2-4-8-23(21)24;/h4-7,10-13,16-19,35-36,39,45-47H,8-9,14-15,20-34,53H2,1-3H3,(H2,54,59)(H,55,63)(H,56,60)(H,61,62);9-12,16-18,21,24H,5-8,13-15,28H2,1-4H3,(H2,27,31)(H,29,32)(H,33,34);1-8,24H,9-19H2,(H,27,30)(H,28,29);1H/t36-,39+,45-,47-;17-,18+,21+,24+;;/m01../s1. The number of alkyl carbamates (subject to hydrolysis) is 2. The van der Waals surface area contributed by atoms with Crippen molar-refractivity contribution in [2.24, 2.45) is 58.4 Å². The van der Waals surface area contributed by atoms with Crippen LogP contribution < -0.4 is 44.2 Å². The predicted octanol–water partition coefficient (Wildman–Crippen LogP) is 11.4. The molecule has 15 N–H and O–H groups in total. The lowest BCUT2D eigenvalue weighted by Gasteiger charge is -2.24. The van der Waals surface area contributed by atoms with Gasteiger partial charge in [0, 0.05) is 75.4 Å². The molecule has 0 spiro atoms. The number of ether oxygens (including phenoxy) is 10. The number of primary amides is 2. The highest BCUT2D eigenvalue weighted by molar-refractivity contribution is 5.94. The number of aliphatic carboxylic acids is 3. The van der Waals surface area contributed by atoms with Crippen molar-refractivity contribution in [3.05, 3.63) is 190 Å². The van der Waals surface area contributed by atoms with E-state index in [2.05, 4.69) is 69.8 Å². The maximum absolute atomic E-state index is 13.6. The van der Waals surface area contributed by atoms with Gasteiger partial charge >= 0.3 is 30.1 Å². The lowest BCUT2D eigenvalue weighted by molar-refractivity contribution is -0.142. The molecule has 33 nitrogen and oxygen atoms in total. The second kappa shape index (κ2) is 66.3. The Morgan fingerprint density at radius 2 is 0.710 bits per heavy atom. The smallest absolute Gasteiger partial charge is 0.407 e. The van der Waals surface area contributed by atoms with Crippen molar-refractivity contribution in [1.29, 1.82) is 0 Å². The molecule has 8 rings (SSSR count). The van der Waals surface area contributed by atoms with Crippen LogP contribution in [-0.2, 0) is 121 Å². The average Bonchev–Trinajstić information content (AvgIpc) is 1.62. The molecular formula is C104H147FN8O25. The number of unbranched alkanes of at least 4 members (excludes halogenated alkanes) is 2. The Kier molecular flexibility index (Phi) is 56.3. The van der Waals surface area contributed by atoms with Gasteiger partial charge in [0.25, 0.3) is 0 Å². The van der Waals surface area contributed by atoms with Crippen molar-refractivity contribution >= 4 is 71.1 Å². The van der Waals surface area contributed by atoms with Crippen molar-refractivity contribution in [3.63, 3.8) is 0 Å². The third-order valence-electron chi connectivity index (χ3n) is 23.4. The van der Waals surface area contributed by atoms with E-state index >= 15 is 0 Å². The Hall–Kier alpha value is -11.3. The lowest BCUT2D eigenvalue weighted by Crippen LogP contribution is -2.50. The van der Waals surface area contributed by atoms with E-state index in [1.165, 1.54) is 33.4 Å². The minimum absolute atomic E-state index is 0. The fourth-order valence-corrected chi connectivity index (χ4v) is 15.7. The van der Waals surface area contributed by atoms with Crippen molar-refractivity contribution < 1.29 is 125 Å². The molecule has 0 heterocycles. The van der Waals surface area contributed by atoms with Crippen LogP contribution >= 0.6 is 0 Å². The second-order valence-electron chi connectivity index (χ2n) is 35.3. The maximum Gasteiger partial charge on any atom is 0.407 e. The summed E-state index contributed by atoms with van der Waals surface area (Å²) in [5, 5.41) is 37.9. The molecule has 0 saturated carbocycles. The maximum atomic E-state index is 13.6. The quantitative estimate of drug-likeness (QED) is 0.0158. The van der Waals surface area contributed by atoms with E-state index in [-0.39, 0.29) is 159 Å². The molecule has 0 aromatic heterocycles. The van der Waals surface area contributed by atoms with Crippen LogP contribution in [0, 0.1) is 35.5 Å². The first kappa shape index (κ1) is 117. The largest absolute Gasteiger partial charge is 0.481 e. The summed E-state index contributed by atoms with van der Waals surface area (Å²) in [6.07, 6.45) is 4.83. The number of nitrogens with two attached hydrogens (primary N) is 4. The molecule has 34 heteroatoms. The Balaban J connectivity index is 0.000000402. The van der Waals surface area contributed by atoms with Crippen LogP contribution in [0.4, 0.5) is 14.3 Å². The minimum atomic E-state index is -0.891. The number of fused-ring (bicyclic) bond motifs is 6. The van der Waals surface area contributed by atoms with E-state index < -0.39 is 66.0 Å². The first-order valence-electron chi connectivity index (χ1n) is 47.7. The molecule has 2 aliphatic carbocycles. The highest BCUT2D eigenvalue weighted by Crippen LogP contribution is 2.46. The number of ketones is 3. The number of rotatable bonds is 68. The van der Waals surface area contributed by atoms with Crippen LogP contribution in [0.2, 0.25) is 0 Å². The van der Waals surface area contributed by atoms with Gasteiger partial charge in [-0.05, 0) is 136 Å². The van der Waals surface area contributed by atoms with Crippen LogP contribution in [-0.4, -0.2) is 243 Å². The monoisotopic (exact) mass is 1930 g/mol. The zero-order chi connectivity index (χ0) is 99.8. The van der Waals surface area contributed by atoms with Gasteiger partial charge in [-0.3, -0.25) is 52.6 Å². The van der Waals surface area contributed by atoms with Crippen molar-refractivity contribution in [1.82, 2.24) is 21.3 Å². The average molecular weight is 1930 g/mol. The van der Waals surface area contributed by atoms with Gasteiger partial charge < -0.3 is 107 Å². The van der Waals surface area contributed by atoms with Gasteiger partial charge in [0.05, 0.1) is 142 Å². The van der Waals surface area contributed by atoms with Gasteiger partial charge in [0.15, 0.2) is 11.6 Å². The van der Waals surface area contributed by atoms with Gasteiger partial charge in [-0.25, -0.2) is 9.59 Å². The zero-order valence-corrected chi connectivity index (χ0v) is 81.0. The summed E-state index contributed by atoms with van der Waals surface area (Å²) < 4.78 is 54.5. The van der Waals surface area contributed by atoms with Gasteiger partial charge in [-0.1, -0.05) is 207 Å². The molecule has 2 aliphatic rings. The predicted molar refractivity (Wildman–Crippen MR) is 520 cm³/mol. The molecule has 138 heavy (non-hydrogen) atoms. The molecule has 6 aromatic carbocycles. The van der Waals surface area contributed by atoms with Gasteiger partial charge in [-0.15, -0.1) is 0 Å². The van der Waals surface area contributed by atoms with E-state index in [0.717, 1.165) is 39.8 Å². The SMILES string of the molecule is CC(C)[C@H](CC(=O)CCOCCOCCOCCOCCNC(=O)OCC1c2ccccc2-c2ccccc21)C(=O)N[C@@H](CCCCC(N)=O)C(=O)Cc1ccc(C[C@H](N)C[C@H](C)C(=O)O)cc1.CC(C)[C@H](N)C(=O)N[C@@H](CCCCC(N)=O)C(=O)Cc1ccc(C[C@H](C)C[C@H](C)C(=O)O)cc1.F.O=C(O)CCOCCOCCOCCOCCNC(=O)OCC1c2ccccc2-c2ccccc21. The summed E-state index contributed by atoms with van der Waals surface area (Å²) in [5.74, 6) is -6.13. The molecule has 0 aliphatic heterocycles. The number of carbonyl (C=O) groups excluding carboxylic acids is 9. The number of halogens is 1. The zero-order valence-electron chi connectivity index (χ0n) is 81.0. The topological polar surface area (TPSA) is 510 Å². The molecule has 0 bridgehead atoms. The fourth-order valence-electron chi connectivity index (χ4n) is 15.7. The Labute approximate surface area is 809 Å². The molecule has 8 atom stereocenters. The van der Waals surface area contributed by atoms with Gasteiger partial charge in [0.1, 0.15) is 19.0 Å². The molecule has 0 unspecified atom stereocenters. The number of amides is 6. The van der Waals surface area contributed by atoms with Crippen LogP contribution in [0.1, 0.15) is 188 Å². The fraction of sp³-hybridized carbons (Fsp3) is 0.538. The Morgan fingerprint density at radius 3 is 1.07 bits per heavy atom. The summed E-state index contributed by atoms with van der Waals surface area (Å²) in [4.78, 5) is 145. The third kappa shape index (κ3) is 45.5. The molecule has 6 aromatic rings. The van der Waals surface area contributed by atoms with Crippen LogP contribution in [0.25, 0.3) is 22.3 Å². The number of hydrogen-bond acceptors (Lipinski definition) is 24. The number of carboxylic acids is 3. The van der Waals surface area contributed by atoms with E-state index in [0.29, 0.717) is 157 Å². The Bertz CT molecular complexity index is 4600. The van der Waals surface area contributed by atoms with E-state index in [9.17, 15) is 62.6 Å². The number of Topliss-reactive ketones (excluding diaryl/α,β-unsaturated/α-hetero) is 3. The number of nitrogens with one attached hydrogen (secondary N) is 4. The number of carbonyl (C=O) groups is 12. The number of carboxylic acid groups (broad SMARTS) is 3. The third-order valence-corrected chi connectivity index (χ3v) is 23.4. The highest BCUT2D eigenvalue weighted by Gasteiger charge is 2.34. The van der Waals surface area contributed by atoms with E-state index in [4.69, 9.17) is 80.5 Å². The number of hydrogen-bond donors (Lipinski definition) is 11. The highest BCUT2D eigenvalue weighted by atomic mass is 19.0. The van der Waals surface area contributed by atoms with Crippen LogP contribution in [0.3, 0.4) is 0 Å². The normalized spacial score (nSPS) is 13.5. The summed E-state index contributed by atoms with van der Waals surface area (Å²) in [6.45, 7) is 19.4. The van der Waals surface area contributed by atoms with E-state index in [1.807, 2.05) is 132 Å². The molecule has 0 saturated heterocycles. The first-order chi connectivity index (χ1) is 65.8. The first-order valence-corrected chi connectivity index (χ1v) is 47.7. The van der Waals surface area contributed by atoms with Crippen molar-refractivity contribution in [3.8, 4) is 22.3 Å².